The van der Waals surface area contributed by atoms with Crippen LogP contribution < -0.4 is 21.2 Å². The van der Waals surface area contributed by atoms with Crippen molar-refractivity contribution in [1.82, 2.24) is 15.2 Å². The maximum absolute atomic E-state index is 6.12. The summed E-state index contributed by atoms with van der Waals surface area (Å²) >= 11 is 12.0. The molecule has 0 fully saturated rings. The smallest absolute Gasteiger partial charge is 0.116 e. The Balaban J connectivity index is 2.16. The summed E-state index contributed by atoms with van der Waals surface area (Å²) in [6.45, 7) is 0. The maximum atomic E-state index is 6.12. The van der Waals surface area contributed by atoms with Crippen LogP contribution in [0.5, 0.6) is 0 Å². The molecule has 1 aliphatic rings. The number of hydrazine groups is 1. The quantitative estimate of drug-likeness (QED) is 0.824. The van der Waals surface area contributed by atoms with E-state index in [0.717, 1.165) is 5.22 Å². The van der Waals surface area contributed by atoms with E-state index in [-0.39, 0.29) is 0 Å². The first-order valence-corrected chi connectivity index (χ1v) is 5.57. The Hall–Kier alpha value is -1.72. The number of halogens is 2. The van der Waals surface area contributed by atoms with Crippen molar-refractivity contribution in [2.75, 3.05) is 5.12 Å². The van der Waals surface area contributed by atoms with Gasteiger partial charge in [0.25, 0.3) is 0 Å². The summed E-state index contributed by atoms with van der Waals surface area (Å²) in [6.07, 6.45) is 6.93. The number of benzene rings is 1. The summed E-state index contributed by atoms with van der Waals surface area (Å²) in [6, 6.07) is 3.43. The van der Waals surface area contributed by atoms with E-state index in [2.05, 4.69) is 15.6 Å². The first-order chi connectivity index (χ1) is 8.24. The molecule has 2 heterocycles. The van der Waals surface area contributed by atoms with Gasteiger partial charge in [0, 0.05) is 22.6 Å². The van der Waals surface area contributed by atoms with E-state index in [9.17, 15) is 0 Å². The largest absolute Gasteiger partial charge is 0.243 e. The first-order valence-electron chi connectivity index (χ1n) is 4.82. The number of nitrogens with zero attached hydrogens (tertiary/aromatic N) is 4. The molecule has 1 aromatic heterocycles. The maximum Gasteiger partial charge on any atom is 0.116 e. The van der Waals surface area contributed by atoms with Crippen molar-refractivity contribution < 1.29 is 0 Å². The van der Waals surface area contributed by atoms with Gasteiger partial charge in [-0.05, 0) is 12.1 Å². The monoisotopic (exact) mass is 267 g/mol. The van der Waals surface area contributed by atoms with Gasteiger partial charge < -0.3 is 0 Å². The summed E-state index contributed by atoms with van der Waals surface area (Å²) in [7, 11) is 0. The highest BCUT2D eigenvalue weighted by molar-refractivity contribution is 6.34. The predicted molar refractivity (Wildman–Crippen MR) is 65.3 cm³/mol. The van der Waals surface area contributed by atoms with E-state index in [4.69, 9.17) is 23.2 Å². The first kappa shape index (κ1) is 10.4. The van der Waals surface area contributed by atoms with Gasteiger partial charge in [-0.25, -0.2) is 9.66 Å². The average Bonchev–Trinajstić information content (AvgIpc) is 2.82. The van der Waals surface area contributed by atoms with Crippen LogP contribution in [0.3, 0.4) is 0 Å². The van der Waals surface area contributed by atoms with Crippen LogP contribution in [-0.2, 0) is 0 Å². The van der Waals surface area contributed by atoms with E-state index in [1.54, 1.807) is 40.6 Å². The molecular weight excluding hydrogens is 261 g/mol. The predicted octanol–water partition coefficient (Wildman–Crippen LogP) is 0.619. The lowest BCUT2D eigenvalue weighted by atomic mass is 10.3. The lowest BCUT2D eigenvalue weighted by molar-refractivity contribution is 0.572. The topological polar surface area (TPSA) is 45.5 Å². The number of aromatic nitrogens is 2. The van der Waals surface area contributed by atoms with Crippen molar-refractivity contribution in [2.45, 2.75) is 0 Å². The van der Waals surface area contributed by atoms with Crippen molar-refractivity contribution in [3.05, 3.63) is 51.5 Å². The number of imidazole rings is 1. The average molecular weight is 268 g/mol. The summed E-state index contributed by atoms with van der Waals surface area (Å²) in [5, 5.41) is 8.47. The summed E-state index contributed by atoms with van der Waals surface area (Å²) in [5.41, 5.74) is 2.84. The second-order valence-electron chi connectivity index (χ2n) is 3.45. The van der Waals surface area contributed by atoms with Crippen molar-refractivity contribution in [1.29, 1.82) is 0 Å². The van der Waals surface area contributed by atoms with Gasteiger partial charge in [0.2, 0.25) is 0 Å². The van der Waals surface area contributed by atoms with Gasteiger partial charge in [0.15, 0.2) is 0 Å². The SMILES string of the molecule is Clc1cc(Cl)c2c(c1)=NNN(n1ccnc1)C=2. The van der Waals surface area contributed by atoms with Gasteiger partial charge >= 0.3 is 0 Å². The fourth-order valence-corrected chi connectivity index (χ4v) is 2.08. The fourth-order valence-electron chi connectivity index (χ4n) is 1.55. The summed E-state index contributed by atoms with van der Waals surface area (Å²) in [5.74, 6) is 0. The number of fused-ring (bicyclic) bond motifs is 1. The molecule has 0 atom stereocenters. The van der Waals surface area contributed by atoms with Gasteiger partial charge in [-0.3, -0.25) is 0 Å². The summed E-state index contributed by atoms with van der Waals surface area (Å²) in [4.78, 5) is 3.96. The molecule has 0 saturated heterocycles. The highest BCUT2D eigenvalue weighted by Gasteiger charge is 2.07. The Morgan fingerprint density at radius 3 is 2.88 bits per heavy atom. The molecule has 0 aliphatic carbocycles. The van der Waals surface area contributed by atoms with Crippen molar-refractivity contribution in [3.8, 4) is 0 Å². The molecule has 1 N–H and O–H groups in total. The molecule has 7 heteroatoms. The van der Waals surface area contributed by atoms with Crippen LogP contribution in [0.25, 0.3) is 6.20 Å². The minimum absolute atomic E-state index is 0.558. The molecule has 0 saturated carbocycles. The molecule has 0 bridgehead atoms. The van der Waals surface area contributed by atoms with E-state index < -0.39 is 0 Å². The van der Waals surface area contributed by atoms with Gasteiger partial charge in [-0.2, -0.15) is 15.8 Å². The van der Waals surface area contributed by atoms with Gasteiger partial charge in [0.1, 0.15) is 6.33 Å². The van der Waals surface area contributed by atoms with Crippen LogP contribution in [0.1, 0.15) is 0 Å². The molecule has 1 aliphatic heterocycles. The molecule has 0 amide bonds. The number of nitrogens with one attached hydrogen (secondary N) is 1. The number of hydrogen-bond donors (Lipinski definition) is 1. The molecular formula is C10H7Cl2N5. The fraction of sp³-hybridized carbons (Fsp3) is 0. The van der Waals surface area contributed by atoms with Crippen molar-refractivity contribution in [3.63, 3.8) is 0 Å². The lowest BCUT2D eigenvalue weighted by Gasteiger charge is -2.22. The van der Waals surface area contributed by atoms with E-state index in [1.807, 2.05) is 6.20 Å². The molecule has 0 radical (unpaired) electrons. The Bertz CT molecular complexity index is 665. The second kappa shape index (κ2) is 3.94. The second-order valence-corrected chi connectivity index (χ2v) is 4.29. The third-order valence-corrected chi connectivity index (χ3v) is 2.87. The highest BCUT2D eigenvalue weighted by Crippen LogP contribution is 2.09. The zero-order valence-corrected chi connectivity index (χ0v) is 10.0. The molecule has 2 aromatic rings. The van der Waals surface area contributed by atoms with Crippen LogP contribution in [0, 0.1) is 0 Å². The number of rotatable bonds is 1. The molecule has 0 spiro atoms. The third-order valence-electron chi connectivity index (χ3n) is 2.34. The van der Waals surface area contributed by atoms with Crippen LogP contribution in [-0.4, -0.2) is 9.66 Å². The standard InChI is InChI=1S/C10H7Cl2N5/c11-7-3-9(12)8-5-17(15-14-10(8)4-7)16-2-1-13-6-16/h1-6,15H. The van der Waals surface area contributed by atoms with Gasteiger partial charge in [-0.1, -0.05) is 23.2 Å². The normalized spacial score (nSPS) is 13.4. The van der Waals surface area contributed by atoms with Crippen LogP contribution in [0.2, 0.25) is 10.0 Å². The molecule has 5 nitrogen and oxygen atoms in total. The van der Waals surface area contributed by atoms with Crippen LogP contribution in [0.4, 0.5) is 0 Å². The zero-order chi connectivity index (χ0) is 11.8. The Morgan fingerprint density at radius 1 is 1.24 bits per heavy atom. The lowest BCUT2D eigenvalue weighted by Crippen LogP contribution is -2.47. The zero-order valence-electron chi connectivity index (χ0n) is 8.51. The molecule has 0 unspecified atom stereocenters. The van der Waals surface area contributed by atoms with Gasteiger partial charge in [0.05, 0.1) is 16.6 Å². The van der Waals surface area contributed by atoms with E-state index in [1.165, 1.54) is 0 Å². The third kappa shape index (κ3) is 1.83. The van der Waals surface area contributed by atoms with Crippen molar-refractivity contribution >= 4 is 29.4 Å². The van der Waals surface area contributed by atoms with Gasteiger partial charge in [-0.15, -0.1) is 0 Å². The minimum Gasteiger partial charge on any atom is -0.243 e. The minimum atomic E-state index is 0.558. The molecule has 17 heavy (non-hydrogen) atoms. The Kier molecular flexibility index (Phi) is 2.42. The Labute approximate surface area is 107 Å². The Morgan fingerprint density at radius 2 is 2.12 bits per heavy atom. The van der Waals surface area contributed by atoms with E-state index >= 15 is 0 Å². The summed E-state index contributed by atoms with van der Waals surface area (Å²) < 4.78 is 1.73. The van der Waals surface area contributed by atoms with Crippen molar-refractivity contribution in [2.24, 2.45) is 5.10 Å². The highest BCUT2D eigenvalue weighted by atomic mass is 35.5. The van der Waals surface area contributed by atoms with Crippen LogP contribution in [0.15, 0.2) is 36.0 Å². The molecule has 3 rings (SSSR count). The van der Waals surface area contributed by atoms with Crippen LogP contribution >= 0.6 is 23.2 Å². The van der Waals surface area contributed by atoms with E-state index in [0.29, 0.717) is 15.4 Å². The molecule has 86 valence electrons. The number of hydrogen-bond acceptors (Lipinski definition) is 4. The molecule has 1 aromatic carbocycles.